The highest BCUT2D eigenvalue weighted by Gasteiger charge is 2.20. The third-order valence-corrected chi connectivity index (χ3v) is 4.49. The van der Waals surface area contributed by atoms with Crippen molar-refractivity contribution in [3.05, 3.63) is 20.8 Å². The van der Waals surface area contributed by atoms with E-state index in [1.54, 1.807) is 0 Å². The predicted octanol–water partition coefficient (Wildman–Crippen LogP) is 3.38. The first-order chi connectivity index (χ1) is 7.18. The fraction of sp³-hybridized carbons (Fsp3) is 0.545. The van der Waals surface area contributed by atoms with E-state index in [0.717, 1.165) is 18.4 Å². The topological polar surface area (TPSA) is 29.1 Å². The Bertz CT molecular complexity index is 369. The van der Waals surface area contributed by atoms with Gasteiger partial charge in [0.2, 0.25) is 0 Å². The molecule has 1 aliphatic carbocycles. The minimum Gasteiger partial charge on any atom is -0.349 e. The first kappa shape index (κ1) is 11.0. The van der Waals surface area contributed by atoms with Gasteiger partial charge in [0.25, 0.3) is 5.91 Å². The second-order valence-electron chi connectivity index (χ2n) is 4.02. The minimum atomic E-state index is -0.00926. The average Bonchev–Trinajstić information content (AvgIpc) is 2.79. The van der Waals surface area contributed by atoms with Crippen molar-refractivity contribution in [2.45, 2.75) is 38.6 Å². The predicted molar refractivity (Wildman–Crippen MR) is 63.8 cm³/mol. The largest absolute Gasteiger partial charge is 0.349 e. The molecule has 0 aliphatic heterocycles. The van der Waals surface area contributed by atoms with Gasteiger partial charge in [-0.25, -0.2) is 0 Å². The zero-order valence-electron chi connectivity index (χ0n) is 8.68. The summed E-state index contributed by atoms with van der Waals surface area (Å²) in [5.41, 5.74) is 0.984. The number of thiophene rings is 1. The molecular weight excluding hydrogens is 230 g/mol. The molecule has 15 heavy (non-hydrogen) atoms. The molecule has 1 amide bonds. The number of hydrogen-bond acceptors (Lipinski definition) is 2. The van der Waals surface area contributed by atoms with Gasteiger partial charge in [-0.05, 0) is 30.7 Å². The van der Waals surface area contributed by atoms with Gasteiger partial charge >= 0.3 is 0 Å². The number of aryl methyl sites for hydroxylation is 1. The van der Waals surface area contributed by atoms with Crippen molar-refractivity contribution in [2.24, 2.45) is 0 Å². The van der Waals surface area contributed by atoms with Crippen LogP contribution in [0, 0.1) is 6.92 Å². The molecule has 1 saturated carbocycles. The highest BCUT2D eigenvalue weighted by molar-refractivity contribution is 7.13. The lowest BCUT2D eigenvalue weighted by Crippen LogP contribution is -2.32. The average molecular weight is 244 g/mol. The number of nitrogens with one attached hydrogen (secondary N) is 1. The summed E-state index contributed by atoms with van der Waals surface area (Å²) in [4.78, 5) is 12.5. The minimum absolute atomic E-state index is 0.00926. The van der Waals surface area contributed by atoms with Crippen molar-refractivity contribution in [1.82, 2.24) is 5.32 Å². The summed E-state index contributed by atoms with van der Waals surface area (Å²) in [6.45, 7) is 1.92. The van der Waals surface area contributed by atoms with Gasteiger partial charge in [0.15, 0.2) is 0 Å². The third kappa shape index (κ3) is 2.34. The van der Waals surface area contributed by atoms with Crippen LogP contribution in [-0.2, 0) is 0 Å². The lowest BCUT2D eigenvalue weighted by molar-refractivity contribution is 0.0942. The van der Waals surface area contributed by atoms with E-state index < -0.39 is 0 Å². The SMILES string of the molecule is Cc1csc(C(=O)NC2CCCC2)c1Cl. The van der Waals surface area contributed by atoms with E-state index in [9.17, 15) is 4.79 Å². The molecule has 1 aliphatic rings. The van der Waals surface area contributed by atoms with Crippen molar-refractivity contribution < 1.29 is 4.79 Å². The number of halogens is 1. The van der Waals surface area contributed by atoms with Crippen LogP contribution in [0.4, 0.5) is 0 Å². The van der Waals surface area contributed by atoms with Gasteiger partial charge in [-0.3, -0.25) is 4.79 Å². The molecule has 1 fully saturated rings. The summed E-state index contributed by atoms with van der Waals surface area (Å²) in [7, 11) is 0. The molecule has 0 bridgehead atoms. The second kappa shape index (κ2) is 4.54. The van der Waals surface area contributed by atoms with E-state index in [0.29, 0.717) is 15.9 Å². The summed E-state index contributed by atoms with van der Waals surface area (Å²) >= 11 is 7.46. The van der Waals surface area contributed by atoms with Crippen LogP contribution in [0.3, 0.4) is 0 Å². The molecule has 1 aromatic heterocycles. The lowest BCUT2D eigenvalue weighted by Gasteiger charge is -2.10. The molecule has 1 heterocycles. The van der Waals surface area contributed by atoms with Gasteiger partial charge in [-0.2, -0.15) is 0 Å². The number of carbonyl (C=O) groups excluding carboxylic acids is 1. The Morgan fingerprint density at radius 3 is 2.73 bits per heavy atom. The summed E-state index contributed by atoms with van der Waals surface area (Å²) < 4.78 is 0. The van der Waals surface area contributed by atoms with Gasteiger partial charge in [0.05, 0.1) is 5.02 Å². The summed E-state index contributed by atoms with van der Waals surface area (Å²) in [5.74, 6) is -0.00926. The molecule has 0 atom stereocenters. The third-order valence-electron chi connectivity index (χ3n) is 2.80. The maximum absolute atomic E-state index is 11.8. The first-order valence-electron chi connectivity index (χ1n) is 5.23. The van der Waals surface area contributed by atoms with Crippen LogP contribution < -0.4 is 5.32 Å². The Morgan fingerprint density at radius 1 is 1.53 bits per heavy atom. The van der Waals surface area contributed by atoms with Crippen molar-refractivity contribution in [1.29, 1.82) is 0 Å². The molecular formula is C11H14ClNOS. The monoisotopic (exact) mass is 243 g/mol. The number of carbonyl (C=O) groups is 1. The van der Waals surface area contributed by atoms with Crippen LogP contribution >= 0.6 is 22.9 Å². The fourth-order valence-electron chi connectivity index (χ4n) is 1.90. The van der Waals surface area contributed by atoms with Crippen molar-refractivity contribution in [3.63, 3.8) is 0 Å². The standard InChI is InChI=1S/C11H14ClNOS/c1-7-6-15-10(9(7)12)11(14)13-8-4-2-3-5-8/h6,8H,2-5H2,1H3,(H,13,14). The van der Waals surface area contributed by atoms with Gasteiger partial charge < -0.3 is 5.32 Å². The van der Waals surface area contributed by atoms with E-state index >= 15 is 0 Å². The smallest absolute Gasteiger partial charge is 0.263 e. The van der Waals surface area contributed by atoms with E-state index in [-0.39, 0.29) is 5.91 Å². The van der Waals surface area contributed by atoms with E-state index in [4.69, 9.17) is 11.6 Å². The molecule has 2 rings (SSSR count). The van der Waals surface area contributed by atoms with Crippen LogP contribution in [0.1, 0.15) is 40.9 Å². The molecule has 0 spiro atoms. The Labute approximate surface area is 98.6 Å². The lowest BCUT2D eigenvalue weighted by atomic mass is 10.2. The number of rotatable bonds is 2. The first-order valence-corrected chi connectivity index (χ1v) is 6.48. The number of hydrogen-bond donors (Lipinski definition) is 1. The number of amides is 1. The molecule has 2 nitrogen and oxygen atoms in total. The van der Waals surface area contributed by atoms with Gasteiger partial charge in [-0.1, -0.05) is 24.4 Å². The van der Waals surface area contributed by atoms with Crippen molar-refractivity contribution >= 4 is 28.8 Å². The van der Waals surface area contributed by atoms with Crippen LogP contribution in [0.2, 0.25) is 5.02 Å². The van der Waals surface area contributed by atoms with Crippen molar-refractivity contribution in [3.8, 4) is 0 Å². The molecule has 0 unspecified atom stereocenters. The van der Waals surface area contributed by atoms with E-state index in [2.05, 4.69) is 5.32 Å². The quantitative estimate of drug-likeness (QED) is 0.848. The van der Waals surface area contributed by atoms with Crippen molar-refractivity contribution in [2.75, 3.05) is 0 Å². The molecule has 0 radical (unpaired) electrons. The Kier molecular flexibility index (Phi) is 3.32. The summed E-state index contributed by atoms with van der Waals surface area (Å²) in [6.07, 6.45) is 4.66. The highest BCUT2D eigenvalue weighted by atomic mass is 35.5. The summed E-state index contributed by atoms with van der Waals surface area (Å²) in [6, 6.07) is 0.357. The van der Waals surface area contributed by atoms with Crippen LogP contribution in [-0.4, -0.2) is 11.9 Å². The van der Waals surface area contributed by atoms with Crippen LogP contribution in [0.25, 0.3) is 0 Å². The normalized spacial score (nSPS) is 16.9. The summed E-state index contributed by atoms with van der Waals surface area (Å²) in [5, 5.41) is 5.57. The van der Waals surface area contributed by atoms with E-state index in [1.165, 1.54) is 24.2 Å². The molecule has 0 aromatic carbocycles. The van der Waals surface area contributed by atoms with Gasteiger partial charge in [-0.15, -0.1) is 11.3 Å². The Hall–Kier alpha value is -0.540. The molecule has 1 N–H and O–H groups in total. The molecule has 1 aromatic rings. The van der Waals surface area contributed by atoms with E-state index in [1.807, 2.05) is 12.3 Å². The highest BCUT2D eigenvalue weighted by Crippen LogP contribution is 2.27. The second-order valence-corrected chi connectivity index (χ2v) is 5.27. The fourth-order valence-corrected chi connectivity index (χ4v) is 3.09. The molecule has 0 saturated heterocycles. The molecule has 82 valence electrons. The molecule has 4 heteroatoms. The van der Waals surface area contributed by atoms with Crippen LogP contribution in [0.15, 0.2) is 5.38 Å². The Morgan fingerprint density at radius 2 is 2.20 bits per heavy atom. The zero-order valence-corrected chi connectivity index (χ0v) is 10.3. The zero-order chi connectivity index (χ0) is 10.8. The van der Waals surface area contributed by atoms with Crippen LogP contribution in [0.5, 0.6) is 0 Å². The Balaban J connectivity index is 2.04. The van der Waals surface area contributed by atoms with Gasteiger partial charge in [0, 0.05) is 6.04 Å². The van der Waals surface area contributed by atoms with Gasteiger partial charge in [0.1, 0.15) is 4.88 Å². The maximum Gasteiger partial charge on any atom is 0.263 e. The maximum atomic E-state index is 11.8.